The Labute approximate surface area is 127 Å². The average molecular weight is 250 g/mol. The molecule has 2 aromatic carbocycles. The van der Waals surface area contributed by atoms with Crippen LogP contribution in [0.2, 0.25) is 0 Å². The van der Waals surface area contributed by atoms with Crippen LogP contribution < -0.4 is 4.74 Å². The van der Waals surface area contributed by atoms with Crippen LogP contribution in [0.1, 0.15) is 17.0 Å². The van der Waals surface area contributed by atoms with Gasteiger partial charge in [0.2, 0.25) is 0 Å². The molecule has 1 N–H and O–H groups in total. The first-order chi connectivity index (χ1) is 8.27. The quantitative estimate of drug-likeness (QED) is 0.790. The summed E-state index contributed by atoms with van der Waals surface area (Å²) in [6, 6.07) is 14.5. The molecular formula is C14H11NaO3. The number of ether oxygens (including phenoxy) is 1. The zero-order valence-electron chi connectivity index (χ0n) is 8.96. The molecule has 0 saturated heterocycles. The molecule has 0 aliphatic carbocycles. The molecule has 0 bridgehead atoms. The number of para-hydroxylation sites is 2. The Hall–Kier alpha value is -1.29. The van der Waals surface area contributed by atoms with Crippen LogP contribution in [0, 0.1) is 0 Å². The number of hydrogen-bond acceptors (Lipinski definition) is 2. The number of fused-ring (bicyclic) bond motifs is 2. The van der Waals surface area contributed by atoms with Crippen molar-refractivity contribution in [1.82, 2.24) is 0 Å². The molecule has 0 spiro atoms. The van der Waals surface area contributed by atoms with Gasteiger partial charge in [-0.15, -0.1) is 0 Å². The fraction of sp³-hybridized carbons (Fsp3) is 0.0714. The van der Waals surface area contributed by atoms with Gasteiger partial charge in [-0.05, 0) is 12.1 Å². The number of aliphatic carboxylic acids is 1. The standard InChI is InChI=1S/C14H10O3.Na.H/c15-14(16)13-9-5-1-3-7-11(9)17-12-8-4-2-6-10(12)13;;/h1-8,13H,(H,15,16);;. The molecule has 86 valence electrons. The summed E-state index contributed by atoms with van der Waals surface area (Å²) >= 11 is 0. The first kappa shape index (κ1) is 13.1. The predicted octanol–water partition coefficient (Wildman–Crippen LogP) is 2.36. The van der Waals surface area contributed by atoms with Crippen molar-refractivity contribution in [3.05, 3.63) is 59.7 Å². The maximum atomic E-state index is 11.4. The van der Waals surface area contributed by atoms with E-state index in [-0.39, 0.29) is 29.6 Å². The van der Waals surface area contributed by atoms with Crippen LogP contribution in [-0.2, 0) is 4.79 Å². The molecule has 0 fully saturated rings. The Morgan fingerprint density at radius 1 is 0.944 bits per heavy atom. The third kappa shape index (κ3) is 2.05. The predicted molar refractivity (Wildman–Crippen MR) is 69.6 cm³/mol. The summed E-state index contributed by atoms with van der Waals surface area (Å²) in [5.41, 5.74) is 1.41. The molecule has 3 rings (SSSR count). The van der Waals surface area contributed by atoms with Gasteiger partial charge in [0.25, 0.3) is 0 Å². The van der Waals surface area contributed by atoms with Gasteiger partial charge in [0.15, 0.2) is 0 Å². The molecule has 1 heterocycles. The van der Waals surface area contributed by atoms with E-state index in [4.69, 9.17) is 4.74 Å². The Bertz CT molecular complexity index is 550. The van der Waals surface area contributed by atoms with E-state index in [1.54, 1.807) is 24.3 Å². The molecule has 0 atom stereocenters. The van der Waals surface area contributed by atoms with E-state index < -0.39 is 11.9 Å². The average Bonchev–Trinajstić information content (AvgIpc) is 2.35. The molecule has 1 aliphatic rings. The van der Waals surface area contributed by atoms with Crippen LogP contribution in [0.5, 0.6) is 11.5 Å². The molecule has 18 heavy (non-hydrogen) atoms. The monoisotopic (exact) mass is 250 g/mol. The topological polar surface area (TPSA) is 46.5 Å². The Balaban J connectivity index is 0.00000120. The van der Waals surface area contributed by atoms with E-state index in [1.807, 2.05) is 24.3 Å². The van der Waals surface area contributed by atoms with Gasteiger partial charge in [-0.2, -0.15) is 0 Å². The normalized spacial score (nSPS) is 12.7. The molecule has 4 heteroatoms. The summed E-state index contributed by atoms with van der Waals surface area (Å²) in [6.07, 6.45) is 0. The summed E-state index contributed by atoms with van der Waals surface area (Å²) in [6.45, 7) is 0. The SMILES string of the molecule is O=C(O)C1c2ccccc2Oc2ccccc21.[NaH]. The summed E-state index contributed by atoms with van der Waals surface area (Å²) in [5, 5.41) is 9.38. The van der Waals surface area contributed by atoms with Crippen LogP contribution in [0.25, 0.3) is 0 Å². The Morgan fingerprint density at radius 2 is 1.39 bits per heavy atom. The van der Waals surface area contributed by atoms with Gasteiger partial charge < -0.3 is 9.84 Å². The molecule has 0 saturated carbocycles. The molecule has 0 unspecified atom stereocenters. The number of hydrogen-bond donors (Lipinski definition) is 1. The van der Waals surface area contributed by atoms with Crippen LogP contribution in [-0.4, -0.2) is 40.6 Å². The van der Waals surface area contributed by atoms with Gasteiger partial charge in [-0.25, -0.2) is 0 Å². The Morgan fingerprint density at radius 3 is 1.83 bits per heavy atom. The van der Waals surface area contributed by atoms with Crippen molar-refractivity contribution in [3.63, 3.8) is 0 Å². The zero-order chi connectivity index (χ0) is 11.8. The second-order valence-corrected chi connectivity index (χ2v) is 3.95. The van der Waals surface area contributed by atoms with Crippen molar-refractivity contribution in [3.8, 4) is 11.5 Å². The van der Waals surface area contributed by atoms with Crippen LogP contribution in [0.3, 0.4) is 0 Å². The summed E-state index contributed by atoms with van der Waals surface area (Å²) < 4.78 is 5.69. The number of benzene rings is 2. The molecule has 2 aromatic rings. The van der Waals surface area contributed by atoms with E-state index in [0.717, 1.165) is 0 Å². The fourth-order valence-corrected chi connectivity index (χ4v) is 2.18. The van der Waals surface area contributed by atoms with Gasteiger partial charge in [0, 0.05) is 11.1 Å². The third-order valence-electron chi connectivity index (χ3n) is 2.93. The van der Waals surface area contributed by atoms with Gasteiger partial charge in [0.1, 0.15) is 17.4 Å². The second-order valence-electron chi connectivity index (χ2n) is 3.95. The number of carboxylic acid groups (broad SMARTS) is 1. The van der Waals surface area contributed by atoms with Crippen molar-refractivity contribution >= 4 is 35.5 Å². The summed E-state index contributed by atoms with van der Waals surface area (Å²) in [7, 11) is 0. The molecule has 1 aliphatic heterocycles. The van der Waals surface area contributed by atoms with Crippen molar-refractivity contribution in [1.29, 1.82) is 0 Å². The Kier molecular flexibility index (Phi) is 3.76. The fourth-order valence-electron chi connectivity index (χ4n) is 2.18. The van der Waals surface area contributed by atoms with Crippen molar-refractivity contribution in [2.45, 2.75) is 5.92 Å². The van der Waals surface area contributed by atoms with E-state index >= 15 is 0 Å². The van der Waals surface area contributed by atoms with E-state index in [2.05, 4.69) is 0 Å². The molecule has 0 amide bonds. The van der Waals surface area contributed by atoms with E-state index in [0.29, 0.717) is 22.6 Å². The van der Waals surface area contributed by atoms with Gasteiger partial charge in [0.05, 0.1) is 0 Å². The van der Waals surface area contributed by atoms with Crippen molar-refractivity contribution in [2.24, 2.45) is 0 Å². The minimum atomic E-state index is -0.854. The molecular weight excluding hydrogens is 239 g/mol. The van der Waals surface area contributed by atoms with E-state index in [9.17, 15) is 9.90 Å². The van der Waals surface area contributed by atoms with Crippen LogP contribution in [0.15, 0.2) is 48.5 Å². The maximum absolute atomic E-state index is 11.4. The van der Waals surface area contributed by atoms with Gasteiger partial charge >= 0.3 is 35.5 Å². The summed E-state index contributed by atoms with van der Waals surface area (Å²) in [5.74, 6) is -0.249. The molecule has 0 aromatic heterocycles. The number of carbonyl (C=O) groups is 1. The zero-order valence-corrected chi connectivity index (χ0v) is 8.96. The van der Waals surface area contributed by atoms with Crippen LogP contribution >= 0.6 is 0 Å². The van der Waals surface area contributed by atoms with Gasteiger partial charge in [-0.1, -0.05) is 36.4 Å². The second kappa shape index (κ2) is 5.14. The van der Waals surface area contributed by atoms with Gasteiger partial charge in [-0.3, -0.25) is 4.79 Å². The third-order valence-corrected chi connectivity index (χ3v) is 2.93. The van der Waals surface area contributed by atoms with E-state index in [1.165, 1.54) is 0 Å². The van der Waals surface area contributed by atoms with Crippen molar-refractivity contribution in [2.75, 3.05) is 0 Å². The first-order valence-corrected chi connectivity index (χ1v) is 5.36. The first-order valence-electron chi connectivity index (χ1n) is 5.36. The minimum absolute atomic E-state index is 0. The summed E-state index contributed by atoms with van der Waals surface area (Å²) in [4.78, 5) is 11.4. The number of carboxylic acids is 1. The molecule has 3 nitrogen and oxygen atoms in total. The van der Waals surface area contributed by atoms with Crippen molar-refractivity contribution < 1.29 is 14.6 Å². The van der Waals surface area contributed by atoms with Crippen LogP contribution in [0.4, 0.5) is 0 Å². The molecule has 0 radical (unpaired) electrons. The number of rotatable bonds is 1.